The molecule has 0 aliphatic heterocycles. The van der Waals surface area contributed by atoms with Crippen molar-refractivity contribution in [2.75, 3.05) is 26.1 Å². The molecule has 9 nitrogen and oxygen atoms in total. The minimum Gasteiger partial charge on any atom is -0.490 e. The third kappa shape index (κ3) is 4.69. The van der Waals surface area contributed by atoms with Crippen LogP contribution in [0.5, 0.6) is 11.5 Å². The first kappa shape index (κ1) is 18.7. The summed E-state index contributed by atoms with van der Waals surface area (Å²) in [5.74, 6) is -0.718. The van der Waals surface area contributed by atoms with Crippen molar-refractivity contribution in [3.63, 3.8) is 0 Å². The summed E-state index contributed by atoms with van der Waals surface area (Å²) in [6, 6.07) is 10.2. The van der Waals surface area contributed by atoms with Gasteiger partial charge in [0.25, 0.3) is 5.91 Å². The van der Waals surface area contributed by atoms with Gasteiger partial charge in [-0.05, 0) is 24.3 Å². The molecule has 1 amide bonds. The van der Waals surface area contributed by atoms with Crippen molar-refractivity contribution in [1.29, 1.82) is 0 Å². The standard InChI is InChI=1S/C17H16N2O7/c1-24-15-9-13(6-7-14(15)19(22)23)26-10-16(20)18-12-5-3-4-11(8-12)17(21)25-2/h3-9H,10H2,1-2H3,(H,18,20). The van der Waals surface area contributed by atoms with Gasteiger partial charge in [0.1, 0.15) is 5.75 Å². The highest BCUT2D eigenvalue weighted by Crippen LogP contribution is 2.30. The van der Waals surface area contributed by atoms with Gasteiger partial charge < -0.3 is 19.5 Å². The summed E-state index contributed by atoms with van der Waals surface area (Å²) in [4.78, 5) is 33.7. The molecule has 0 bridgehead atoms. The lowest BCUT2D eigenvalue weighted by atomic mass is 10.2. The van der Waals surface area contributed by atoms with Gasteiger partial charge in [-0.1, -0.05) is 6.07 Å². The zero-order valence-electron chi connectivity index (χ0n) is 14.1. The number of nitrogens with zero attached hydrogens (tertiary/aromatic N) is 1. The molecule has 0 unspecified atom stereocenters. The maximum atomic E-state index is 12.0. The molecule has 0 aliphatic carbocycles. The molecular formula is C17H16N2O7. The van der Waals surface area contributed by atoms with Crippen LogP contribution in [0.4, 0.5) is 11.4 Å². The molecule has 2 aromatic rings. The maximum absolute atomic E-state index is 12.0. The van der Waals surface area contributed by atoms with Gasteiger partial charge in [-0.25, -0.2) is 4.79 Å². The highest BCUT2D eigenvalue weighted by molar-refractivity contribution is 5.95. The zero-order valence-corrected chi connectivity index (χ0v) is 14.1. The van der Waals surface area contributed by atoms with Crippen molar-refractivity contribution in [3.05, 3.63) is 58.1 Å². The van der Waals surface area contributed by atoms with Crippen LogP contribution in [0, 0.1) is 10.1 Å². The molecule has 0 saturated heterocycles. The Labute approximate surface area is 148 Å². The number of nitrogens with one attached hydrogen (secondary N) is 1. The number of nitro groups is 1. The van der Waals surface area contributed by atoms with Gasteiger partial charge in [0, 0.05) is 17.8 Å². The molecule has 0 aliphatic rings. The summed E-state index contributed by atoms with van der Waals surface area (Å²) in [5.41, 5.74) is 0.498. The molecule has 0 saturated carbocycles. The van der Waals surface area contributed by atoms with Crippen molar-refractivity contribution >= 4 is 23.3 Å². The number of carbonyl (C=O) groups is 2. The fourth-order valence-corrected chi connectivity index (χ4v) is 2.09. The Bertz CT molecular complexity index is 836. The van der Waals surface area contributed by atoms with Crippen LogP contribution >= 0.6 is 0 Å². The van der Waals surface area contributed by atoms with Gasteiger partial charge in [-0.3, -0.25) is 14.9 Å². The number of methoxy groups -OCH3 is 2. The van der Waals surface area contributed by atoms with Gasteiger partial charge in [0.15, 0.2) is 6.61 Å². The molecule has 136 valence electrons. The quantitative estimate of drug-likeness (QED) is 0.458. The number of hydrogen-bond donors (Lipinski definition) is 1. The van der Waals surface area contributed by atoms with E-state index in [2.05, 4.69) is 10.1 Å². The first-order valence-electron chi connectivity index (χ1n) is 7.38. The normalized spacial score (nSPS) is 9.92. The topological polar surface area (TPSA) is 117 Å². The van der Waals surface area contributed by atoms with E-state index >= 15 is 0 Å². The molecule has 2 aromatic carbocycles. The number of carbonyl (C=O) groups excluding carboxylic acids is 2. The molecule has 0 aromatic heterocycles. The van der Waals surface area contributed by atoms with Crippen LogP contribution in [0.15, 0.2) is 42.5 Å². The average Bonchev–Trinajstić information content (AvgIpc) is 2.65. The lowest BCUT2D eigenvalue weighted by Crippen LogP contribution is -2.20. The number of benzene rings is 2. The number of ether oxygens (including phenoxy) is 3. The second-order valence-corrected chi connectivity index (χ2v) is 5.00. The Kier molecular flexibility index (Phi) is 6.10. The van der Waals surface area contributed by atoms with Crippen LogP contribution in [0.25, 0.3) is 0 Å². The van der Waals surface area contributed by atoms with E-state index in [0.717, 1.165) is 0 Å². The van der Waals surface area contributed by atoms with E-state index in [0.29, 0.717) is 11.3 Å². The Balaban J connectivity index is 1.99. The van der Waals surface area contributed by atoms with Crippen LogP contribution < -0.4 is 14.8 Å². The summed E-state index contributed by atoms with van der Waals surface area (Å²) in [6.45, 7) is -0.330. The van der Waals surface area contributed by atoms with Crippen molar-refractivity contribution in [3.8, 4) is 11.5 Å². The lowest BCUT2D eigenvalue weighted by Gasteiger charge is -2.09. The monoisotopic (exact) mass is 360 g/mol. The Morgan fingerprint density at radius 3 is 2.58 bits per heavy atom. The number of hydrogen-bond acceptors (Lipinski definition) is 7. The largest absolute Gasteiger partial charge is 0.490 e. The lowest BCUT2D eigenvalue weighted by molar-refractivity contribution is -0.385. The van der Waals surface area contributed by atoms with Gasteiger partial charge in [0.2, 0.25) is 5.75 Å². The van der Waals surface area contributed by atoms with Crippen molar-refractivity contribution in [2.45, 2.75) is 0 Å². The molecule has 9 heteroatoms. The SMILES string of the molecule is COC(=O)c1cccc(NC(=O)COc2ccc([N+](=O)[O-])c(OC)c2)c1. The molecule has 0 radical (unpaired) electrons. The predicted molar refractivity (Wildman–Crippen MR) is 91.6 cm³/mol. The van der Waals surface area contributed by atoms with Crippen LogP contribution in [-0.2, 0) is 9.53 Å². The minimum absolute atomic E-state index is 0.0266. The van der Waals surface area contributed by atoms with Gasteiger partial charge >= 0.3 is 11.7 Å². The second-order valence-electron chi connectivity index (χ2n) is 5.00. The average molecular weight is 360 g/mol. The molecule has 0 fully saturated rings. The summed E-state index contributed by atoms with van der Waals surface area (Å²) in [5, 5.41) is 13.4. The van der Waals surface area contributed by atoms with Crippen LogP contribution in [0.1, 0.15) is 10.4 Å². The van der Waals surface area contributed by atoms with E-state index in [1.807, 2.05) is 0 Å². The van der Waals surface area contributed by atoms with Crippen LogP contribution in [0.3, 0.4) is 0 Å². The molecule has 1 N–H and O–H groups in total. The van der Waals surface area contributed by atoms with Crippen LogP contribution in [0.2, 0.25) is 0 Å². The number of anilines is 1. The van der Waals surface area contributed by atoms with Crippen molar-refractivity contribution in [2.24, 2.45) is 0 Å². The van der Waals surface area contributed by atoms with Gasteiger partial charge in [-0.2, -0.15) is 0 Å². The number of amides is 1. The molecule has 2 rings (SSSR count). The van der Waals surface area contributed by atoms with Gasteiger partial charge in [-0.15, -0.1) is 0 Å². The molecule has 0 atom stereocenters. The van der Waals surface area contributed by atoms with E-state index in [1.165, 1.54) is 38.5 Å². The predicted octanol–water partition coefficient (Wildman–Crippen LogP) is 2.41. The summed E-state index contributed by atoms with van der Waals surface area (Å²) >= 11 is 0. The third-order valence-electron chi connectivity index (χ3n) is 3.29. The van der Waals surface area contributed by atoms with E-state index in [-0.39, 0.29) is 23.8 Å². The molecule has 26 heavy (non-hydrogen) atoms. The van der Waals surface area contributed by atoms with Gasteiger partial charge in [0.05, 0.1) is 24.7 Å². The Morgan fingerprint density at radius 2 is 1.92 bits per heavy atom. The first-order chi connectivity index (χ1) is 12.4. The van der Waals surface area contributed by atoms with E-state index in [9.17, 15) is 19.7 Å². The number of esters is 1. The van der Waals surface area contributed by atoms with E-state index < -0.39 is 16.8 Å². The molecule has 0 heterocycles. The summed E-state index contributed by atoms with van der Waals surface area (Å²) in [7, 11) is 2.56. The Hall–Kier alpha value is -3.62. The zero-order chi connectivity index (χ0) is 19.1. The maximum Gasteiger partial charge on any atom is 0.337 e. The van der Waals surface area contributed by atoms with Crippen LogP contribution in [-0.4, -0.2) is 37.6 Å². The summed E-state index contributed by atoms with van der Waals surface area (Å²) < 4.78 is 14.9. The highest BCUT2D eigenvalue weighted by Gasteiger charge is 2.16. The molecule has 0 spiro atoms. The molecular weight excluding hydrogens is 344 g/mol. The fourth-order valence-electron chi connectivity index (χ4n) is 2.09. The number of rotatable bonds is 7. The fraction of sp³-hybridized carbons (Fsp3) is 0.176. The minimum atomic E-state index is -0.580. The van der Waals surface area contributed by atoms with Crippen molar-refractivity contribution < 1.29 is 28.7 Å². The number of nitro benzene ring substituents is 1. The van der Waals surface area contributed by atoms with E-state index in [1.54, 1.807) is 18.2 Å². The first-order valence-corrected chi connectivity index (χ1v) is 7.38. The summed E-state index contributed by atoms with van der Waals surface area (Å²) in [6.07, 6.45) is 0. The highest BCUT2D eigenvalue weighted by atomic mass is 16.6. The van der Waals surface area contributed by atoms with Crippen molar-refractivity contribution in [1.82, 2.24) is 0 Å². The third-order valence-corrected chi connectivity index (χ3v) is 3.29. The van der Waals surface area contributed by atoms with E-state index in [4.69, 9.17) is 9.47 Å². The Morgan fingerprint density at radius 1 is 1.15 bits per heavy atom. The second kappa shape index (κ2) is 8.47. The smallest absolute Gasteiger partial charge is 0.337 e.